The van der Waals surface area contributed by atoms with E-state index in [0.717, 1.165) is 35.3 Å². The van der Waals surface area contributed by atoms with Crippen LogP contribution in [0, 0.1) is 0 Å². The fraction of sp³-hybridized carbons (Fsp3) is 0.571. The van der Waals surface area contributed by atoms with Crippen molar-refractivity contribution in [1.29, 1.82) is 0 Å². The van der Waals surface area contributed by atoms with Crippen molar-refractivity contribution >= 4 is 32.8 Å². The summed E-state index contributed by atoms with van der Waals surface area (Å²) in [6.07, 6.45) is 5.84. The van der Waals surface area contributed by atoms with E-state index in [2.05, 4.69) is 26.3 Å². The van der Waals surface area contributed by atoms with Crippen LogP contribution in [0.1, 0.15) is 62.6 Å². The van der Waals surface area contributed by atoms with Gasteiger partial charge in [-0.15, -0.1) is 10.2 Å². The first-order valence-electron chi connectivity index (χ1n) is 10.9. The smallest absolute Gasteiger partial charge is 0.242 e. The van der Waals surface area contributed by atoms with E-state index >= 15 is 0 Å². The predicted molar refractivity (Wildman–Crippen MR) is 121 cm³/mol. The number of aryl methyl sites for hydroxylation is 1. The lowest BCUT2D eigenvalue weighted by Gasteiger charge is -2.11. The zero-order chi connectivity index (χ0) is 21.8. The van der Waals surface area contributed by atoms with Crippen LogP contribution in [-0.4, -0.2) is 51.1 Å². The van der Waals surface area contributed by atoms with Gasteiger partial charge in [0.2, 0.25) is 10.0 Å². The topological polar surface area (TPSA) is 85.9 Å². The Labute approximate surface area is 187 Å². The molecule has 3 aromatic rings. The average molecular weight is 461 g/mol. The molecule has 0 spiro atoms. The van der Waals surface area contributed by atoms with Crippen LogP contribution in [0.4, 0.5) is 0 Å². The number of thioether (sulfide) groups is 1. The fourth-order valence-corrected chi connectivity index (χ4v) is 5.81. The number of sulfonamides is 1. The molecule has 166 valence electrons. The maximum Gasteiger partial charge on any atom is 0.242 e. The van der Waals surface area contributed by atoms with Gasteiger partial charge < -0.3 is 9.13 Å². The lowest BCUT2D eigenvalue weighted by atomic mass is 10.3. The highest BCUT2D eigenvalue weighted by atomic mass is 32.2. The second kappa shape index (κ2) is 7.90. The first-order chi connectivity index (χ1) is 14.9. The van der Waals surface area contributed by atoms with Crippen LogP contribution in [0.15, 0.2) is 28.3 Å². The van der Waals surface area contributed by atoms with Crippen LogP contribution in [0.25, 0.3) is 11.0 Å². The lowest BCUT2D eigenvalue weighted by molar-refractivity contribution is 0.521. The standard InChI is InChI=1S/C21H28N6O2S2/c1-4-11-26-18-10-9-16(31(28,29)25(2)3)12-17(18)22-19(26)13-30-21-24-23-20(14-5-6-14)27(21)15-7-8-15/h9-10,12,14-15H,4-8,11,13H2,1-3H3. The number of nitrogens with zero attached hydrogens (tertiary/aromatic N) is 6. The van der Waals surface area contributed by atoms with E-state index in [9.17, 15) is 8.42 Å². The average Bonchev–Trinajstić information content (AvgIpc) is 3.68. The Bertz CT molecular complexity index is 1220. The number of hydrogen-bond donors (Lipinski definition) is 0. The molecule has 2 aromatic heterocycles. The van der Waals surface area contributed by atoms with Gasteiger partial charge in [0.1, 0.15) is 11.6 Å². The van der Waals surface area contributed by atoms with Gasteiger partial charge in [-0.25, -0.2) is 17.7 Å². The third-order valence-electron chi connectivity index (χ3n) is 5.90. The molecule has 2 fully saturated rings. The molecule has 0 N–H and O–H groups in total. The normalized spacial score (nSPS) is 17.2. The second-order valence-electron chi connectivity index (χ2n) is 8.62. The highest BCUT2D eigenvalue weighted by Crippen LogP contribution is 2.46. The number of hydrogen-bond acceptors (Lipinski definition) is 6. The molecule has 2 saturated carbocycles. The first kappa shape index (κ1) is 21.0. The molecule has 2 aliphatic rings. The van der Waals surface area contributed by atoms with E-state index in [0.29, 0.717) is 23.2 Å². The van der Waals surface area contributed by atoms with Crippen molar-refractivity contribution in [2.45, 2.75) is 73.3 Å². The Morgan fingerprint density at radius 3 is 2.58 bits per heavy atom. The molecule has 2 aliphatic carbocycles. The van der Waals surface area contributed by atoms with E-state index in [1.165, 1.54) is 30.0 Å². The van der Waals surface area contributed by atoms with Gasteiger partial charge in [-0.05, 0) is 50.3 Å². The third kappa shape index (κ3) is 3.89. The Hall–Kier alpha value is -1.91. The Balaban J connectivity index is 1.46. The molecule has 0 saturated heterocycles. The predicted octanol–water partition coefficient (Wildman–Crippen LogP) is 3.79. The van der Waals surface area contributed by atoms with Crippen LogP contribution in [0.3, 0.4) is 0 Å². The molecule has 31 heavy (non-hydrogen) atoms. The molecule has 1 aromatic carbocycles. The minimum Gasteiger partial charge on any atom is -0.327 e. The highest BCUT2D eigenvalue weighted by molar-refractivity contribution is 7.98. The van der Waals surface area contributed by atoms with Crippen molar-refractivity contribution in [3.63, 3.8) is 0 Å². The summed E-state index contributed by atoms with van der Waals surface area (Å²) in [5.74, 6) is 3.37. The number of aromatic nitrogens is 5. The minimum absolute atomic E-state index is 0.271. The molecule has 10 heteroatoms. The number of fused-ring (bicyclic) bond motifs is 1. The van der Waals surface area contributed by atoms with Crippen molar-refractivity contribution in [1.82, 2.24) is 28.6 Å². The fourth-order valence-electron chi connectivity index (χ4n) is 3.93. The van der Waals surface area contributed by atoms with E-state index in [1.807, 2.05) is 6.07 Å². The van der Waals surface area contributed by atoms with Gasteiger partial charge in [0, 0.05) is 32.6 Å². The lowest BCUT2D eigenvalue weighted by Crippen LogP contribution is -2.22. The Morgan fingerprint density at radius 2 is 1.94 bits per heavy atom. The summed E-state index contributed by atoms with van der Waals surface area (Å²) in [6, 6.07) is 5.79. The minimum atomic E-state index is -3.49. The SMILES string of the molecule is CCCn1c(CSc2nnc(C3CC3)n2C2CC2)nc2cc(S(=O)(=O)N(C)C)ccc21. The summed E-state index contributed by atoms with van der Waals surface area (Å²) in [5, 5.41) is 9.99. The zero-order valence-corrected chi connectivity index (χ0v) is 19.8. The summed E-state index contributed by atoms with van der Waals surface area (Å²) in [6.45, 7) is 2.98. The van der Waals surface area contributed by atoms with Gasteiger partial charge in [-0.1, -0.05) is 18.7 Å². The molecule has 5 rings (SSSR count). The van der Waals surface area contributed by atoms with E-state index < -0.39 is 10.0 Å². The number of rotatable bonds is 9. The zero-order valence-electron chi connectivity index (χ0n) is 18.2. The highest BCUT2D eigenvalue weighted by Gasteiger charge is 2.36. The van der Waals surface area contributed by atoms with Crippen molar-refractivity contribution in [2.24, 2.45) is 0 Å². The molecule has 0 unspecified atom stereocenters. The molecule has 2 heterocycles. The van der Waals surface area contributed by atoms with Gasteiger partial charge in [-0.3, -0.25) is 0 Å². The van der Waals surface area contributed by atoms with Crippen molar-refractivity contribution in [2.75, 3.05) is 14.1 Å². The third-order valence-corrected chi connectivity index (χ3v) is 8.65. The molecule has 0 radical (unpaired) electrons. The number of imidazole rings is 1. The molecule has 0 atom stereocenters. The molecule has 0 aliphatic heterocycles. The summed E-state index contributed by atoms with van der Waals surface area (Å²) >= 11 is 1.68. The summed E-state index contributed by atoms with van der Waals surface area (Å²) < 4.78 is 30.9. The summed E-state index contributed by atoms with van der Waals surface area (Å²) in [4.78, 5) is 5.10. The summed E-state index contributed by atoms with van der Waals surface area (Å²) in [7, 11) is -0.400. The first-order valence-corrected chi connectivity index (χ1v) is 13.3. The molecular weight excluding hydrogens is 432 g/mol. The quantitative estimate of drug-likeness (QED) is 0.452. The maximum atomic E-state index is 12.5. The largest absolute Gasteiger partial charge is 0.327 e. The van der Waals surface area contributed by atoms with Gasteiger partial charge in [0.05, 0.1) is 21.7 Å². The molecule has 0 amide bonds. The Kier molecular flexibility index (Phi) is 5.34. The number of benzene rings is 1. The monoisotopic (exact) mass is 460 g/mol. The van der Waals surface area contributed by atoms with E-state index in [4.69, 9.17) is 4.98 Å². The van der Waals surface area contributed by atoms with Gasteiger partial charge in [-0.2, -0.15) is 0 Å². The summed E-state index contributed by atoms with van der Waals surface area (Å²) in [5.41, 5.74) is 1.69. The van der Waals surface area contributed by atoms with E-state index in [1.54, 1.807) is 38.0 Å². The van der Waals surface area contributed by atoms with Crippen molar-refractivity contribution < 1.29 is 8.42 Å². The second-order valence-corrected chi connectivity index (χ2v) is 11.7. The van der Waals surface area contributed by atoms with E-state index in [-0.39, 0.29) is 4.90 Å². The molecular formula is C21H28N6O2S2. The van der Waals surface area contributed by atoms with Gasteiger partial charge in [0.25, 0.3) is 0 Å². The van der Waals surface area contributed by atoms with Crippen molar-refractivity contribution in [3.8, 4) is 0 Å². The maximum absolute atomic E-state index is 12.5. The van der Waals surface area contributed by atoms with Crippen LogP contribution in [0.2, 0.25) is 0 Å². The van der Waals surface area contributed by atoms with Crippen LogP contribution in [0.5, 0.6) is 0 Å². The van der Waals surface area contributed by atoms with Crippen LogP contribution >= 0.6 is 11.8 Å². The van der Waals surface area contributed by atoms with Crippen molar-refractivity contribution in [3.05, 3.63) is 29.8 Å². The molecule has 8 nitrogen and oxygen atoms in total. The Morgan fingerprint density at radius 1 is 1.16 bits per heavy atom. The van der Waals surface area contributed by atoms with Crippen LogP contribution < -0.4 is 0 Å². The molecule has 0 bridgehead atoms. The van der Waals surface area contributed by atoms with Gasteiger partial charge in [0.15, 0.2) is 5.16 Å². The van der Waals surface area contributed by atoms with Crippen LogP contribution in [-0.2, 0) is 22.3 Å². The van der Waals surface area contributed by atoms with Gasteiger partial charge >= 0.3 is 0 Å².